The first-order valence-electron chi connectivity index (χ1n) is 3.70. The molecule has 0 saturated heterocycles. The number of aromatic hydroxyl groups is 1. The van der Waals surface area contributed by atoms with E-state index >= 15 is 0 Å². The summed E-state index contributed by atoms with van der Waals surface area (Å²) in [6.45, 7) is -0.0543. The van der Waals surface area contributed by atoms with Crippen molar-refractivity contribution in [3.8, 4) is 5.75 Å². The fourth-order valence-electron chi connectivity index (χ4n) is 1.00. The van der Waals surface area contributed by atoms with Crippen LogP contribution >= 0.6 is 0 Å². The topological polar surface area (TPSA) is 49.7 Å². The molecule has 0 spiro atoms. The zero-order valence-corrected chi connectivity index (χ0v) is 6.90. The second-order valence-corrected chi connectivity index (χ2v) is 2.50. The average molecular weight is 168 g/mol. The van der Waals surface area contributed by atoms with E-state index < -0.39 is 0 Å². The molecule has 0 aliphatic carbocycles. The van der Waals surface area contributed by atoms with Gasteiger partial charge < -0.3 is 14.9 Å². The number of rotatable bonds is 3. The number of phenols is 1. The molecule has 0 aliphatic rings. The van der Waals surface area contributed by atoms with E-state index in [1.165, 1.54) is 7.11 Å². The second kappa shape index (κ2) is 4.09. The standard InChI is InChI=1S/C9H12O3/c1-12-9(6-10)7-2-4-8(11)5-3-7/h2-5,9-11H,6H2,1H3/t9-/m0/s1. The van der Waals surface area contributed by atoms with Gasteiger partial charge in [-0.05, 0) is 17.7 Å². The van der Waals surface area contributed by atoms with Crippen molar-refractivity contribution < 1.29 is 14.9 Å². The van der Waals surface area contributed by atoms with Gasteiger partial charge in [0.25, 0.3) is 0 Å². The lowest BCUT2D eigenvalue weighted by Crippen LogP contribution is -2.05. The normalized spacial score (nSPS) is 12.8. The third-order valence-corrected chi connectivity index (χ3v) is 1.72. The Bertz CT molecular complexity index is 226. The molecule has 0 unspecified atom stereocenters. The Morgan fingerprint density at radius 2 is 1.92 bits per heavy atom. The van der Waals surface area contributed by atoms with Crippen LogP contribution < -0.4 is 0 Å². The van der Waals surface area contributed by atoms with Crippen LogP contribution in [-0.2, 0) is 4.74 Å². The number of aliphatic hydroxyl groups is 1. The summed E-state index contributed by atoms with van der Waals surface area (Å²) in [5, 5.41) is 17.8. The van der Waals surface area contributed by atoms with E-state index in [0.29, 0.717) is 0 Å². The van der Waals surface area contributed by atoms with Crippen LogP contribution in [-0.4, -0.2) is 23.9 Å². The maximum atomic E-state index is 8.98. The molecule has 1 aromatic carbocycles. The highest BCUT2D eigenvalue weighted by molar-refractivity contribution is 5.27. The molecule has 1 aromatic rings. The van der Waals surface area contributed by atoms with Crippen molar-refractivity contribution in [3.63, 3.8) is 0 Å². The Morgan fingerprint density at radius 1 is 1.33 bits per heavy atom. The highest BCUT2D eigenvalue weighted by Gasteiger charge is 2.07. The van der Waals surface area contributed by atoms with Crippen molar-refractivity contribution in [1.29, 1.82) is 0 Å². The summed E-state index contributed by atoms with van der Waals surface area (Å²) < 4.78 is 4.99. The lowest BCUT2D eigenvalue weighted by molar-refractivity contribution is 0.0484. The number of aliphatic hydroxyl groups excluding tert-OH is 1. The summed E-state index contributed by atoms with van der Waals surface area (Å²) >= 11 is 0. The highest BCUT2D eigenvalue weighted by atomic mass is 16.5. The lowest BCUT2D eigenvalue weighted by Gasteiger charge is -2.11. The van der Waals surface area contributed by atoms with Gasteiger partial charge in [0, 0.05) is 7.11 Å². The minimum Gasteiger partial charge on any atom is -0.508 e. The van der Waals surface area contributed by atoms with Crippen LogP contribution in [0.15, 0.2) is 24.3 Å². The molecule has 1 rings (SSSR count). The van der Waals surface area contributed by atoms with E-state index in [9.17, 15) is 0 Å². The van der Waals surface area contributed by atoms with Gasteiger partial charge in [-0.3, -0.25) is 0 Å². The molecular weight excluding hydrogens is 156 g/mol. The second-order valence-electron chi connectivity index (χ2n) is 2.50. The van der Waals surface area contributed by atoms with E-state index in [1.54, 1.807) is 24.3 Å². The molecule has 3 nitrogen and oxygen atoms in total. The molecule has 0 radical (unpaired) electrons. The first-order chi connectivity index (χ1) is 5.77. The molecule has 12 heavy (non-hydrogen) atoms. The summed E-state index contributed by atoms with van der Waals surface area (Å²) in [7, 11) is 1.54. The van der Waals surface area contributed by atoms with E-state index in [4.69, 9.17) is 14.9 Å². The highest BCUT2D eigenvalue weighted by Crippen LogP contribution is 2.18. The summed E-state index contributed by atoms with van der Waals surface area (Å²) in [5.41, 5.74) is 0.859. The minimum atomic E-state index is -0.300. The van der Waals surface area contributed by atoms with Crippen LogP contribution in [0.2, 0.25) is 0 Å². The maximum Gasteiger partial charge on any atom is 0.115 e. The molecule has 0 heterocycles. The number of hydrogen-bond donors (Lipinski definition) is 2. The van der Waals surface area contributed by atoms with E-state index in [-0.39, 0.29) is 18.5 Å². The molecule has 0 fully saturated rings. The quantitative estimate of drug-likeness (QED) is 0.709. The predicted octanol–water partition coefficient (Wildman–Crippen LogP) is 1.07. The minimum absolute atomic E-state index is 0.0543. The van der Waals surface area contributed by atoms with Crippen molar-refractivity contribution in [2.75, 3.05) is 13.7 Å². The summed E-state index contributed by atoms with van der Waals surface area (Å²) in [6, 6.07) is 6.58. The average Bonchev–Trinajstić information content (AvgIpc) is 2.10. The largest absolute Gasteiger partial charge is 0.508 e. The van der Waals surface area contributed by atoms with Gasteiger partial charge in [-0.2, -0.15) is 0 Å². The number of phenolic OH excluding ortho intramolecular Hbond substituents is 1. The van der Waals surface area contributed by atoms with E-state index in [2.05, 4.69) is 0 Å². The molecule has 0 aromatic heterocycles. The SMILES string of the molecule is CO[C@@H](CO)c1ccc(O)cc1. The molecule has 1 atom stereocenters. The van der Waals surface area contributed by atoms with Crippen LogP contribution in [0, 0.1) is 0 Å². The van der Waals surface area contributed by atoms with Gasteiger partial charge in [0.05, 0.1) is 6.61 Å². The molecule has 3 heteroatoms. The molecule has 2 N–H and O–H groups in total. The fourth-order valence-corrected chi connectivity index (χ4v) is 1.00. The third kappa shape index (κ3) is 1.96. The number of benzene rings is 1. The van der Waals surface area contributed by atoms with Crippen molar-refractivity contribution in [3.05, 3.63) is 29.8 Å². The van der Waals surface area contributed by atoms with Crippen molar-refractivity contribution in [2.24, 2.45) is 0 Å². The molecular formula is C9H12O3. The van der Waals surface area contributed by atoms with Gasteiger partial charge in [-0.15, -0.1) is 0 Å². The monoisotopic (exact) mass is 168 g/mol. The molecule has 0 bridgehead atoms. The molecule has 0 saturated carbocycles. The predicted molar refractivity (Wildman–Crippen MR) is 44.9 cm³/mol. The zero-order valence-electron chi connectivity index (χ0n) is 6.90. The van der Waals surface area contributed by atoms with Gasteiger partial charge >= 0.3 is 0 Å². The van der Waals surface area contributed by atoms with Crippen molar-refractivity contribution >= 4 is 0 Å². The Kier molecular flexibility index (Phi) is 3.08. The Balaban J connectivity index is 2.80. The zero-order chi connectivity index (χ0) is 8.97. The van der Waals surface area contributed by atoms with Crippen LogP contribution in [0.3, 0.4) is 0 Å². The number of methoxy groups -OCH3 is 1. The number of ether oxygens (including phenoxy) is 1. The molecule has 66 valence electrons. The van der Waals surface area contributed by atoms with E-state index in [0.717, 1.165) is 5.56 Å². The fraction of sp³-hybridized carbons (Fsp3) is 0.333. The van der Waals surface area contributed by atoms with Gasteiger partial charge in [0.1, 0.15) is 11.9 Å². The van der Waals surface area contributed by atoms with Gasteiger partial charge in [0.15, 0.2) is 0 Å². The lowest BCUT2D eigenvalue weighted by atomic mass is 10.1. The summed E-state index contributed by atoms with van der Waals surface area (Å²) in [5.74, 6) is 0.214. The van der Waals surface area contributed by atoms with Crippen LogP contribution in [0.4, 0.5) is 0 Å². The Labute approximate surface area is 71.2 Å². The van der Waals surface area contributed by atoms with Crippen LogP contribution in [0.25, 0.3) is 0 Å². The van der Waals surface area contributed by atoms with Gasteiger partial charge in [-0.25, -0.2) is 0 Å². The first kappa shape index (κ1) is 9.03. The number of hydrogen-bond acceptors (Lipinski definition) is 3. The van der Waals surface area contributed by atoms with Crippen molar-refractivity contribution in [1.82, 2.24) is 0 Å². The molecule has 0 amide bonds. The van der Waals surface area contributed by atoms with Crippen LogP contribution in [0.5, 0.6) is 5.75 Å². The van der Waals surface area contributed by atoms with Gasteiger partial charge in [-0.1, -0.05) is 12.1 Å². The third-order valence-electron chi connectivity index (χ3n) is 1.72. The van der Waals surface area contributed by atoms with Crippen molar-refractivity contribution in [2.45, 2.75) is 6.10 Å². The van der Waals surface area contributed by atoms with Gasteiger partial charge in [0.2, 0.25) is 0 Å². The Hall–Kier alpha value is -1.06. The van der Waals surface area contributed by atoms with E-state index in [1.807, 2.05) is 0 Å². The Morgan fingerprint density at radius 3 is 2.33 bits per heavy atom. The first-order valence-corrected chi connectivity index (χ1v) is 3.70. The van der Waals surface area contributed by atoms with Crippen LogP contribution in [0.1, 0.15) is 11.7 Å². The summed E-state index contributed by atoms with van der Waals surface area (Å²) in [6.07, 6.45) is -0.300. The summed E-state index contributed by atoms with van der Waals surface area (Å²) in [4.78, 5) is 0. The molecule has 0 aliphatic heterocycles. The smallest absolute Gasteiger partial charge is 0.115 e. The maximum absolute atomic E-state index is 8.98.